The number of para-hydroxylation sites is 2. The maximum absolute atomic E-state index is 9.54. The lowest BCUT2D eigenvalue weighted by molar-refractivity contribution is 0.199. The quantitative estimate of drug-likeness (QED) is 0.753. The van der Waals surface area contributed by atoms with Crippen LogP contribution >= 0.6 is 23.4 Å². The van der Waals surface area contributed by atoms with Crippen LogP contribution in [-0.4, -0.2) is 15.1 Å². The first kappa shape index (κ1) is 13.5. The van der Waals surface area contributed by atoms with E-state index in [1.54, 1.807) is 13.0 Å². The SMILES string of the molecule is C[C@@H](O)c1ccc(Sc2nc3ccccc3[nH]2)c(Cl)c1. The van der Waals surface area contributed by atoms with Gasteiger partial charge in [0.05, 0.1) is 22.2 Å². The predicted molar refractivity (Wildman–Crippen MR) is 82.3 cm³/mol. The lowest BCUT2D eigenvalue weighted by Crippen LogP contribution is -1.90. The predicted octanol–water partition coefficient (Wildman–Crippen LogP) is 4.42. The molecule has 3 aromatic rings. The molecule has 0 aliphatic rings. The Kier molecular flexibility index (Phi) is 3.70. The summed E-state index contributed by atoms with van der Waals surface area (Å²) in [6.07, 6.45) is -0.516. The number of nitrogens with zero attached hydrogens (tertiary/aromatic N) is 1. The molecule has 0 aliphatic carbocycles. The van der Waals surface area contributed by atoms with Gasteiger partial charge >= 0.3 is 0 Å². The van der Waals surface area contributed by atoms with E-state index < -0.39 is 6.10 Å². The fraction of sp³-hybridized carbons (Fsp3) is 0.133. The molecule has 20 heavy (non-hydrogen) atoms. The molecule has 1 aromatic heterocycles. The average Bonchev–Trinajstić information content (AvgIpc) is 2.83. The second-order valence-electron chi connectivity index (χ2n) is 4.53. The highest BCUT2D eigenvalue weighted by atomic mass is 35.5. The molecule has 1 heterocycles. The second-order valence-corrected chi connectivity index (χ2v) is 5.96. The summed E-state index contributed by atoms with van der Waals surface area (Å²) in [5, 5.41) is 11.0. The molecule has 0 bridgehead atoms. The zero-order chi connectivity index (χ0) is 14.1. The summed E-state index contributed by atoms with van der Waals surface area (Å²) in [6, 6.07) is 13.5. The molecule has 0 fully saturated rings. The number of fused-ring (bicyclic) bond motifs is 1. The number of hydrogen-bond acceptors (Lipinski definition) is 3. The number of benzene rings is 2. The minimum atomic E-state index is -0.516. The molecule has 2 N–H and O–H groups in total. The van der Waals surface area contributed by atoms with Crippen molar-refractivity contribution in [1.29, 1.82) is 0 Å². The van der Waals surface area contributed by atoms with E-state index in [4.69, 9.17) is 11.6 Å². The van der Waals surface area contributed by atoms with Crippen molar-refractivity contribution in [3.63, 3.8) is 0 Å². The van der Waals surface area contributed by atoms with Crippen molar-refractivity contribution >= 4 is 34.4 Å². The number of aliphatic hydroxyl groups is 1. The van der Waals surface area contributed by atoms with Gasteiger partial charge in [-0.2, -0.15) is 0 Å². The monoisotopic (exact) mass is 304 g/mol. The molecule has 0 amide bonds. The highest BCUT2D eigenvalue weighted by molar-refractivity contribution is 7.99. The van der Waals surface area contributed by atoms with Gasteiger partial charge in [0.1, 0.15) is 0 Å². The standard InChI is InChI=1S/C15H13ClN2OS/c1-9(19)10-6-7-14(11(16)8-10)20-15-17-12-4-2-3-5-13(12)18-15/h2-9,19H,1H3,(H,17,18)/t9-/m1/s1. The number of H-pyrrole nitrogens is 1. The van der Waals surface area contributed by atoms with Gasteiger partial charge < -0.3 is 10.1 Å². The summed E-state index contributed by atoms with van der Waals surface area (Å²) in [6.45, 7) is 1.72. The summed E-state index contributed by atoms with van der Waals surface area (Å²) >= 11 is 7.73. The van der Waals surface area contributed by atoms with Crippen molar-refractivity contribution in [3.8, 4) is 0 Å². The largest absolute Gasteiger partial charge is 0.389 e. The van der Waals surface area contributed by atoms with E-state index in [1.807, 2.05) is 36.4 Å². The summed E-state index contributed by atoms with van der Waals surface area (Å²) in [5.74, 6) is 0. The number of rotatable bonds is 3. The van der Waals surface area contributed by atoms with Gasteiger partial charge in [0.15, 0.2) is 5.16 Å². The summed E-state index contributed by atoms with van der Waals surface area (Å²) in [4.78, 5) is 8.67. The molecule has 0 unspecified atom stereocenters. The third-order valence-electron chi connectivity index (χ3n) is 3.01. The minimum Gasteiger partial charge on any atom is -0.389 e. The van der Waals surface area contributed by atoms with Gasteiger partial charge in [-0.15, -0.1) is 0 Å². The average molecular weight is 305 g/mol. The van der Waals surface area contributed by atoms with Crippen molar-refractivity contribution in [2.75, 3.05) is 0 Å². The topological polar surface area (TPSA) is 48.9 Å². The molecule has 3 rings (SSSR count). The van der Waals surface area contributed by atoms with Gasteiger partial charge in [0, 0.05) is 4.90 Å². The van der Waals surface area contributed by atoms with Crippen LogP contribution in [-0.2, 0) is 0 Å². The molecule has 102 valence electrons. The molecular formula is C15H13ClN2OS. The lowest BCUT2D eigenvalue weighted by atomic mass is 10.1. The van der Waals surface area contributed by atoms with Crippen molar-refractivity contribution in [3.05, 3.63) is 53.1 Å². The summed E-state index contributed by atoms with van der Waals surface area (Å²) in [5.41, 5.74) is 2.75. The lowest BCUT2D eigenvalue weighted by Gasteiger charge is -2.07. The van der Waals surface area contributed by atoms with Crippen molar-refractivity contribution in [2.45, 2.75) is 23.1 Å². The number of imidazole rings is 1. The van der Waals surface area contributed by atoms with E-state index in [9.17, 15) is 5.11 Å². The van der Waals surface area contributed by atoms with E-state index >= 15 is 0 Å². The van der Waals surface area contributed by atoms with Gasteiger partial charge in [-0.25, -0.2) is 4.98 Å². The van der Waals surface area contributed by atoms with E-state index in [-0.39, 0.29) is 0 Å². The molecule has 3 nitrogen and oxygen atoms in total. The number of aromatic amines is 1. The van der Waals surface area contributed by atoms with Gasteiger partial charge in [0.2, 0.25) is 0 Å². The minimum absolute atomic E-state index is 0.516. The van der Waals surface area contributed by atoms with Gasteiger partial charge in [-0.1, -0.05) is 41.6 Å². The van der Waals surface area contributed by atoms with Gasteiger partial charge in [0.25, 0.3) is 0 Å². The maximum atomic E-state index is 9.54. The van der Waals surface area contributed by atoms with Crippen LogP contribution in [0.1, 0.15) is 18.6 Å². The first-order valence-electron chi connectivity index (χ1n) is 6.23. The Morgan fingerprint density at radius 1 is 1.25 bits per heavy atom. The molecule has 0 radical (unpaired) electrons. The molecule has 5 heteroatoms. The van der Waals surface area contributed by atoms with Crippen LogP contribution in [0.4, 0.5) is 0 Å². The van der Waals surface area contributed by atoms with Crippen LogP contribution in [0.2, 0.25) is 5.02 Å². The van der Waals surface area contributed by atoms with Crippen LogP contribution in [0, 0.1) is 0 Å². The van der Waals surface area contributed by atoms with E-state index in [0.29, 0.717) is 5.02 Å². The number of aromatic nitrogens is 2. The maximum Gasteiger partial charge on any atom is 0.171 e. The first-order chi connectivity index (χ1) is 9.63. The highest BCUT2D eigenvalue weighted by Crippen LogP contribution is 2.34. The second kappa shape index (κ2) is 5.48. The van der Waals surface area contributed by atoms with Crippen LogP contribution in [0.5, 0.6) is 0 Å². The summed E-state index contributed by atoms with van der Waals surface area (Å²) < 4.78 is 0. The Balaban J connectivity index is 1.90. The molecule has 0 saturated carbocycles. The number of aliphatic hydroxyl groups excluding tert-OH is 1. The van der Waals surface area contributed by atoms with E-state index in [1.165, 1.54) is 11.8 Å². The number of hydrogen-bond donors (Lipinski definition) is 2. The van der Waals surface area contributed by atoms with Crippen LogP contribution in [0.25, 0.3) is 11.0 Å². The van der Waals surface area contributed by atoms with E-state index in [2.05, 4.69) is 9.97 Å². The van der Waals surface area contributed by atoms with Crippen molar-refractivity contribution < 1.29 is 5.11 Å². The normalized spacial score (nSPS) is 12.8. The Labute approximate surface area is 126 Å². The third-order valence-corrected chi connectivity index (χ3v) is 4.40. The summed E-state index contributed by atoms with van der Waals surface area (Å²) in [7, 11) is 0. The van der Waals surface area contributed by atoms with Crippen LogP contribution < -0.4 is 0 Å². The molecule has 1 atom stereocenters. The number of nitrogens with one attached hydrogen (secondary N) is 1. The number of halogens is 1. The Morgan fingerprint density at radius 3 is 2.75 bits per heavy atom. The zero-order valence-electron chi connectivity index (χ0n) is 10.8. The van der Waals surface area contributed by atoms with Gasteiger partial charge in [-0.05, 0) is 36.8 Å². The van der Waals surface area contributed by atoms with E-state index in [0.717, 1.165) is 26.6 Å². The third kappa shape index (κ3) is 2.68. The Bertz CT molecular complexity index is 721. The molecule has 2 aromatic carbocycles. The smallest absolute Gasteiger partial charge is 0.171 e. The van der Waals surface area contributed by atoms with Crippen LogP contribution in [0.15, 0.2) is 52.5 Å². The van der Waals surface area contributed by atoms with Gasteiger partial charge in [-0.3, -0.25) is 0 Å². The van der Waals surface area contributed by atoms with Crippen LogP contribution in [0.3, 0.4) is 0 Å². The zero-order valence-corrected chi connectivity index (χ0v) is 12.4. The fourth-order valence-electron chi connectivity index (χ4n) is 1.94. The Hall–Kier alpha value is -1.49. The Morgan fingerprint density at radius 2 is 2.05 bits per heavy atom. The molecule has 0 saturated heterocycles. The highest BCUT2D eigenvalue weighted by Gasteiger charge is 2.09. The molecule has 0 spiro atoms. The fourth-order valence-corrected chi connectivity index (χ4v) is 3.05. The molecular weight excluding hydrogens is 292 g/mol. The first-order valence-corrected chi connectivity index (χ1v) is 7.43. The molecule has 0 aliphatic heterocycles. The van der Waals surface area contributed by atoms with Crippen molar-refractivity contribution in [2.24, 2.45) is 0 Å². The van der Waals surface area contributed by atoms with Crippen molar-refractivity contribution in [1.82, 2.24) is 9.97 Å².